The third kappa shape index (κ3) is 4.53. The van der Waals surface area contributed by atoms with E-state index in [4.69, 9.17) is 11.6 Å². The number of carbonyl (C=O) groups excluding carboxylic acids is 3. The number of nitrogens with one attached hydrogen (secondary N) is 3. The van der Waals surface area contributed by atoms with E-state index in [1.165, 1.54) is 12.4 Å². The van der Waals surface area contributed by atoms with Gasteiger partial charge in [-0.05, 0) is 70.1 Å². The van der Waals surface area contributed by atoms with Crippen LogP contribution < -0.4 is 15.5 Å². The molecule has 2 aliphatic rings. The zero-order valence-corrected chi connectivity index (χ0v) is 20.1. The molecule has 10 heteroatoms. The van der Waals surface area contributed by atoms with Gasteiger partial charge in [0, 0.05) is 24.5 Å². The molecular weight excluding hydrogens is 461 g/mol. The van der Waals surface area contributed by atoms with E-state index in [1.54, 1.807) is 24.8 Å². The first kappa shape index (κ1) is 24.2. The normalized spacial score (nSPS) is 22.6. The number of piperidine rings is 1. The number of hydrogen-bond donors (Lipinski definition) is 3. The quantitative estimate of drug-likeness (QED) is 0.594. The standard InChI is InChI=1S/C24H29ClFN5O3/c1-3-27-21(32)19-20(29-13-28-19)22(33)30-15-5-8-24(9-6-15)7-4-10-31(23(24)34)18-11-14(2)17(26)12-16(18)25/h11-13,15H,3-10H2,1-2H3,(H,27,32)(H,28,29)(H,30,33)/t15-,24-. The number of aryl methyl sites for hydroxylation is 1. The summed E-state index contributed by atoms with van der Waals surface area (Å²) in [4.78, 5) is 46.9. The predicted octanol–water partition coefficient (Wildman–Crippen LogP) is 3.75. The zero-order chi connectivity index (χ0) is 24.5. The molecule has 2 heterocycles. The molecular formula is C24H29ClFN5O3. The molecule has 2 fully saturated rings. The number of amides is 3. The van der Waals surface area contributed by atoms with Crippen molar-refractivity contribution in [3.63, 3.8) is 0 Å². The van der Waals surface area contributed by atoms with Crippen molar-refractivity contribution in [1.29, 1.82) is 0 Å². The van der Waals surface area contributed by atoms with Crippen LogP contribution in [0.4, 0.5) is 10.1 Å². The number of carbonyl (C=O) groups is 3. The number of rotatable bonds is 5. The maximum Gasteiger partial charge on any atom is 0.272 e. The largest absolute Gasteiger partial charge is 0.351 e. The smallest absolute Gasteiger partial charge is 0.272 e. The van der Waals surface area contributed by atoms with E-state index in [0.29, 0.717) is 50.0 Å². The molecule has 3 N–H and O–H groups in total. The van der Waals surface area contributed by atoms with E-state index in [1.807, 2.05) is 0 Å². The molecule has 1 aliphatic carbocycles. The van der Waals surface area contributed by atoms with Gasteiger partial charge in [-0.1, -0.05) is 11.6 Å². The number of nitrogens with zero attached hydrogens (tertiary/aromatic N) is 2. The van der Waals surface area contributed by atoms with Crippen LogP contribution in [-0.2, 0) is 4.79 Å². The fourth-order valence-electron chi connectivity index (χ4n) is 5.07. The Morgan fingerprint density at radius 1 is 1.26 bits per heavy atom. The molecule has 3 amide bonds. The SMILES string of the molecule is CCNC(=O)c1nc[nH]c1C(=O)N[C@H]1CC[C@@]2(CCCN(c3cc(C)c(F)cc3Cl)C2=O)CC1. The summed E-state index contributed by atoms with van der Waals surface area (Å²) in [5.41, 5.74) is 0.690. The Labute approximate surface area is 202 Å². The molecule has 1 aromatic heterocycles. The fraction of sp³-hybridized carbons (Fsp3) is 0.500. The van der Waals surface area contributed by atoms with Gasteiger partial charge in [-0.3, -0.25) is 14.4 Å². The maximum atomic E-state index is 13.9. The van der Waals surface area contributed by atoms with Crippen LogP contribution in [0.1, 0.15) is 72.0 Å². The summed E-state index contributed by atoms with van der Waals surface area (Å²) < 4.78 is 13.9. The highest BCUT2D eigenvalue weighted by atomic mass is 35.5. The highest BCUT2D eigenvalue weighted by Crippen LogP contribution is 2.46. The minimum Gasteiger partial charge on any atom is -0.351 e. The molecule has 0 atom stereocenters. The van der Waals surface area contributed by atoms with Gasteiger partial charge in [0.05, 0.1) is 17.0 Å². The Morgan fingerprint density at radius 2 is 2.00 bits per heavy atom. The van der Waals surface area contributed by atoms with Crippen molar-refractivity contribution < 1.29 is 18.8 Å². The van der Waals surface area contributed by atoms with Crippen molar-refractivity contribution >= 4 is 35.0 Å². The average molecular weight is 490 g/mol. The van der Waals surface area contributed by atoms with E-state index in [9.17, 15) is 18.8 Å². The number of aromatic amines is 1. The fourth-order valence-corrected chi connectivity index (χ4v) is 5.32. The van der Waals surface area contributed by atoms with Gasteiger partial charge in [0.2, 0.25) is 5.91 Å². The van der Waals surface area contributed by atoms with E-state index >= 15 is 0 Å². The van der Waals surface area contributed by atoms with Crippen molar-refractivity contribution in [2.75, 3.05) is 18.0 Å². The summed E-state index contributed by atoms with van der Waals surface area (Å²) in [7, 11) is 0. The Balaban J connectivity index is 1.42. The van der Waals surface area contributed by atoms with Crippen LogP contribution >= 0.6 is 11.6 Å². The van der Waals surface area contributed by atoms with Crippen molar-refractivity contribution in [3.05, 3.63) is 46.3 Å². The molecule has 0 bridgehead atoms. The molecule has 1 saturated heterocycles. The summed E-state index contributed by atoms with van der Waals surface area (Å²) in [6, 6.07) is 2.79. The van der Waals surface area contributed by atoms with E-state index in [0.717, 1.165) is 12.8 Å². The van der Waals surface area contributed by atoms with Gasteiger partial charge in [-0.25, -0.2) is 9.37 Å². The molecule has 1 aromatic carbocycles. The predicted molar refractivity (Wildman–Crippen MR) is 126 cm³/mol. The van der Waals surface area contributed by atoms with E-state index < -0.39 is 17.1 Å². The van der Waals surface area contributed by atoms with E-state index in [-0.39, 0.29) is 34.3 Å². The first-order valence-corrected chi connectivity index (χ1v) is 12.0. The lowest BCUT2D eigenvalue weighted by atomic mass is 9.67. The summed E-state index contributed by atoms with van der Waals surface area (Å²) in [5, 5.41) is 5.86. The van der Waals surface area contributed by atoms with Gasteiger partial charge in [-0.15, -0.1) is 0 Å². The summed E-state index contributed by atoms with van der Waals surface area (Å²) in [6.45, 7) is 4.43. The lowest BCUT2D eigenvalue weighted by molar-refractivity contribution is -0.132. The van der Waals surface area contributed by atoms with Crippen LogP contribution in [0.5, 0.6) is 0 Å². The molecule has 0 unspecified atom stereocenters. The number of H-pyrrole nitrogens is 1. The Morgan fingerprint density at radius 3 is 2.71 bits per heavy atom. The second kappa shape index (κ2) is 9.74. The van der Waals surface area contributed by atoms with Gasteiger partial charge in [0.1, 0.15) is 11.5 Å². The molecule has 1 spiro atoms. The third-order valence-corrected chi connectivity index (χ3v) is 7.25. The van der Waals surface area contributed by atoms with Gasteiger partial charge in [0.25, 0.3) is 11.8 Å². The minimum absolute atomic E-state index is 0.0172. The highest BCUT2D eigenvalue weighted by molar-refractivity contribution is 6.34. The van der Waals surface area contributed by atoms with Crippen molar-refractivity contribution in [2.24, 2.45) is 5.41 Å². The highest BCUT2D eigenvalue weighted by Gasteiger charge is 2.47. The second-order valence-electron chi connectivity index (χ2n) is 9.13. The third-order valence-electron chi connectivity index (χ3n) is 6.95. The van der Waals surface area contributed by atoms with Gasteiger partial charge >= 0.3 is 0 Å². The number of aromatic nitrogens is 2. The Hall–Kier alpha value is -2.94. The second-order valence-corrected chi connectivity index (χ2v) is 9.53. The summed E-state index contributed by atoms with van der Waals surface area (Å²) in [6.07, 6.45) is 5.50. The monoisotopic (exact) mass is 489 g/mol. The van der Waals surface area contributed by atoms with Crippen LogP contribution in [0.2, 0.25) is 5.02 Å². The molecule has 182 valence electrons. The molecule has 8 nitrogen and oxygen atoms in total. The Bertz CT molecular complexity index is 1110. The number of anilines is 1. The summed E-state index contributed by atoms with van der Waals surface area (Å²) >= 11 is 6.29. The molecule has 1 aliphatic heterocycles. The van der Waals surface area contributed by atoms with Gasteiger partial charge < -0.3 is 20.5 Å². The van der Waals surface area contributed by atoms with Crippen LogP contribution in [0.25, 0.3) is 0 Å². The molecule has 34 heavy (non-hydrogen) atoms. The van der Waals surface area contributed by atoms with Gasteiger partial charge in [0.15, 0.2) is 5.69 Å². The maximum absolute atomic E-state index is 13.9. The number of halogens is 2. The first-order chi connectivity index (χ1) is 16.3. The number of hydrogen-bond acceptors (Lipinski definition) is 4. The topological polar surface area (TPSA) is 107 Å². The average Bonchev–Trinajstić information content (AvgIpc) is 3.30. The molecule has 1 saturated carbocycles. The molecule has 4 rings (SSSR count). The minimum atomic E-state index is -0.509. The van der Waals surface area contributed by atoms with Crippen LogP contribution in [0.15, 0.2) is 18.5 Å². The van der Waals surface area contributed by atoms with Crippen molar-refractivity contribution in [2.45, 2.75) is 58.4 Å². The van der Waals surface area contributed by atoms with Crippen LogP contribution in [0.3, 0.4) is 0 Å². The van der Waals surface area contributed by atoms with Crippen LogP contribution in [0, 0.1) is 18.2 Å². The van der Waals surface area contributed by atoms with Crippen molar-refractivity contribution in [3.8, 4) is 0 Å². The number of imidazole rings is 1. The number of benzene rings is 1. The lowest BCUT2D eigenvalue weighted by Crippen LogP contribution is -2.52. The molecule has 2 aromatic rings. The molecule has 0 radical (unpaired) electrons. The Kier molecular flexibility index (Phi) is 6.93. The van der Waals surface area contributed by atoms with Crippen LogP contribution in [-0.4, -0.2) is 46.8 Å². The lowest BCUT2D eigenvalue weighted by Gasteiger charge is -2.45. The van der Waals surface area contributed by atoms with Gasteiger partial charge in [-0.2, -0.15) is 0 Å². The summed E-state index contributed by atoms with van der Waals surface area (Å²) in [5.74, 6) is -1.16. The van der Waals surface area contributed by atoms with Crippen molar-refractivity contribution in [1.82, 2.24) is 20.6 Å². The zero-order valence-electron chi connectivity index (χ0n) is 19.3. The van der Waals surface area contributed by atoms with E-state index in [2.05, 4.69) is 20.6 Å². The first-order valence-electron chi connectivity index (χ1n) is 11.7.